The second kappa shape index (κ2) is 7.39. The molecule has 102 valence electrons. The largest absolute Gasteiger partial charge is 0.320 e. The summed E-state index contributed by atoms with van der Waals surface area (Å²) in [6, 6.07) is 2.24. The van der Waals surface area contributed by atoms with Gasteiger partial charge in [0.15, 0.2) is 0 Å². The summed E-state index contributed by atoms with van der Waals surface area (Å²) in [6.45, 7) is 4.77. The van der Waals surface area contributed by atoms with Crippen LogP contribution in [0.5, 0.6) is 0 Å². The minimum atomic E-state index is 0.926. The highest BCUT2D eigenvalue weighted by molar-refractivity contribution is 9.13. The van der Waals surface area contributed by atoms with Gasteiger partial charge in [-0.1, -0.05) is 0 Å². The minimum absolute atomic E-state index is 0.926. The van der Waals surface area contributed by atoms with E-state index in [1.165, 1.54) is 45.5 Å². The van der Waals surface area contributed by atoms with E-state index in [0.29, 0.717) is 0 Å². The Kier molecular flexibility index (Phi) is 6.15. The first-order chi connectivity index (χ1) is 8.69. The molecule has 0 aliphatic carbocycles. The van der Waals surface area contributed by atoms with E-state index in [1.54, 1.807) is 0 Å². The number of thiophene rings is 1. The lowest BCUT2D eigenvalue weighted by atomic mass is 9.93. The summed E-state index contributed by atoms with van der Waals surface area (Å²) in [6.07, 6.45) is 4.05. The topological polar surface area (TPSA) is 15.3 Å². The number of nitrogens with one attached hydrogen (secondary N) is 1. The van der Waals surface area contributed by atoms with Gasteiger partial charge in [-0.25, -0.2) is 0 Å². The van der Waals surface area contributed by atoms with E-state index in [1.807, 2.05) is 18.4 Å². The zero-order valence-corrected chi connectivity index (χ0v) is 14.7. The molecule has 0 spiro atoms. The first-order valence-corrected chi connectivity index (χ1v) is 8.90. The van der Waals surface area contributed by atoms with Crippen molar-refractivity contribution in [2.45, 2.75) is 25.8 Å². The number of halogens is 2. The highest BCUT2D eigenvalue weighted by Gasteiger charge is 2.19. The SMILES string of the molecule is CNCCC1CCN(Cc2cc(Br)c(Br)s2)CC1. The van der Waals surface area contributed by atoms with Gasteiger partial charge in [-0.2, -0.15) is 0 Å². The first kappa shape index (κ1) is 15.0. The highest BCUT2D eigenvalue weighted by Crippen LogP contribution is 2.33. The van der Waals surface area contributed by atoms with Crippen LogP contribution in [-0.4, -0.2) is 31.6 Å². The molecule has 1 aromatic rings. The fourth-order valence-corrected chi connectivity index (χ4v) is 4.69. The molecule has 2 nitrogen and oxygen atoms in total. The van der Waals surface area contributed by atoms with Crippen molar-refractivity contribution in [1.82, 2.24) is 10.2 Å². The Labute approximate surface area is 130 Å². The molecule has 0 bridgehead atoms. The zero-order valence-electron chi connectivity index (χ0n) is 10.7. The summed E-state index contributed by atoms with van der Waals surface area (Å²) in [5, 5.41) is 3.25. The molecule has 1 aliphatic rings. The Bertz CT molecular complexity index is 354. The van der Waals surface area contributed by atoms with E-state index in [0.717, 1.165) is 19.0 Å². The van der Waals surface area contributed by atoms with E-state index in [9.17, 15) is 0 Å². The number of piperidine rings is 1. The van der Waals surface area contributed by atoms with Crippen molar-refractivity contribution in [3.63, 3.8) is 0 Å². The summed E-state index contributed by atoms with van der Waals surface area (Å²) in [5.74, 6) is 0.926. The average molecular weight is 396 g/mol. The fourth-order valence-electron chi connectivity index (χ4n) is 2.47. The van der Waals surface area contributed by atoms with Gasteiger partial charge in [-0.3, -0.25) is 4.90 Å². The predicted octanol–water partition coefficient (Wildman–Crippen LogP) is 4.09. The van der Waals surface area contributed by atoms with E-state index in [-0.39, 0.29) is 0 Å². The second-order valence-corrected chi connectivity index (χ2v) is 8.26. The fraction of sp³-hybridized carbons (Fsp3) is 0.692. The van der Waals surface area contributed by atoms with Crippen LogP contribution in [0.15, 0.2) is 14.3 Å². The van der Waals surface area contributed by atoms with E-state index < -0.39 is 0 Å². The Morgan fingerprint density at radius 3 is 2.67 bits per heavy atom. The summed E-state index contributed by atoms with van der Waals surface area (Å²) < 4.78 is 2.40. The lowest BCUT2D eigenvalue weighted by Gasteiger charge is -2.31. The van der Waals surface area contributed by atoms with Crippen LogP contribution < -0.4 is 5.32 Å². The van der Waals surface area contributed by atoms with Gasteiger partial charge in [0.2, 0.25) is 0 Å². The minimum Gasteiger partial charge on any atom is -0.320 e. The zero-order chi connectivity index (χ0) is 13.0. The predicted molar refractivity (Wildman–Crippen MR) is 86.3 cm³/mol. The number of rotatable bonds is 5. The van der Waals surface area contributed by atoms with Crippen molar-refractivity contribution < 1.29 is 0 Å². The normalized spacial score (nSPS) is 18.4. The monoisotopic (exact) mass is 394 g/mol. The van der Waals surface area contributed by atoms with Crippen molar-refractivity contribution in [3.05, 3.63) is 19.2 Å². The first-order valence-electron chi connectivity index (χ1n) is 6.49. The van der Waals surface area contributed by atoms with Gasteiger partial charge in [-0.15, -0.1) is 11.3 Å². The van der Waals surface area contributed by atoms with Crippen molar-refractivity contribution >= 4 is 43.2 Å². The lowest BCUT2D eigenvalue weighted by Crippen LogP contribution is -2.33. The van der Waals surface area contributed by atoms with Gasteiger partial charge >= 0.3 is 0 Å². The summed E-state index contributed by atoms with van der Waals surface area (Å²) in [4.78, 5) is 4.03. The van der Waals surface area contributed by atoms with Crippen LogP contribution in [0.1, 0.15) is 24.1 Å². The molecule has 0 atom stereocenters. The number of likely N-dealkylation sites (tertiary alicyclic amines) is 1. The molecular formula is C13H20Br2N2S. The number of hydrogen-bond acceptors (Lipinski definition) is 3. The molecule has 2 rings (SSSR count). The van der Waals surface area contributed by atoms with Crippen LogP contribution in [0.3, 0.4) is 0 Å². The molecule has 0 unspecified atom stereocenters. The van der Waals surface area contributed by atoms with E-state index >= 15 is 0 Å². The van der Waals surface area contributed by atoms with Crippen molar-refractivity contribution in [2.75, 3.05) is 26.7 Å². The smallest absolute Gasteiger partial charge is 0.0843 e. The van der Waals surface area contributed by atoms with Crippen molar-refractivity contribution in [1.29, 1.82) is 0 Å². The van der Waals surface area contributed by atoms with Gasteiger partial charge < -0.3 is 5.32 Å². The van der Waals surface area contributed by atoms with Gasteiger partial charge in [0.25, 0.3) is 0 Å². The Morgan fingerprint density at radius 1 is 1.39 bits per heavy atom. The highest BCUT2D eigenvalue weighted by atomic mass is 79.9. The maximum Gasteiger partial charge on any atom is 0.0843 e. The molecule has 2 heterocycles. The second-order valence-electron chi connectivity index (χ2n) is 4.95. The molecule has 0 aromatic carbocycles. The van der Waals surface area contributed by atoms with Crippen LogP contribution in [0.25, 0.3) is 0 Å². The molecular weight excluding hydrogens is 376 g/mol. The van der Waals surface area contributed by atoms with E-state index in [4.69, 9.17) is 0 Å². The summed E-state index contributed by atoms with van der Waals surface area (Å²) >= 11 is 8.96. The molecule has 1 saturated heterocycles. The van der Waals surface area contributed by atoms with Crippen LogP contribution in [0.4, 0.5) is 0 Å². The molecule has 1 aliphatic heterocycles. The van der Waals surface area contributed by atoms with Crippen LogP contribution >= 0.6 is 43.2 Å². The van der Waals surface area contributed by atoms with Gasteiger partial charge in [0.1, 0.15) is 0 Å². The van der Waals surface area contributed by atoms with Crippen LogP contribution in [0, 0.1) is 5.92 Å². The summed E-state index contributed by atoms with van der Waals surface area (Å²) in [7, 11) is 2.04. The van der Waals surface area contributed by atoms with Crippen molar-refractivity contribution in [3.8, 4) is 0 Å². The van der Waals surface area contributed by atoms with Gasteiger partial charge in [0, 0.05) is 15.9 Å². The van der Waals surface area contributed by atoms with Crippen LogP contribution in [-0.2, 0) is 6.54 Å². The third kappa shape index (κ3) is 4.30. The lowest BCUT2D eigenvalue weighted by molar-refractivity contribution is 0.173. The third-order valence-corrected chi connectivity index (χ3v) is 6.83. The molecule has 18 heavy (non-hydrogen) atoms. The molecule has 5 heteroatoms. The molecule has 0 amide bonds. The Hall–Kier alpha value is 0.580. The molecule has 1 aromatic heterocycles. The Morgan fingerprint density at radius 2 is 2.11 bits per heavy atom. The average Bonchev–Trinajstić information content (AvgIpc) is 2.67. The van der Waals surface area contributed by atoms with Gasteiger partial charge in [0.05, 0.1) is 3.79 Å². The molecule has 1 N–H and O–H groups in total. The number of nitrogens with zero attached hydrogens (tertiary/aromatic N) is 1. The number of hydrogen-bond donors (Lipinski definition) is 1. The molecule has 0 saturated carbocycles. The molecule has 0 radical (unpaired) electrons. The van der Waals surface area contributed by atoms with Crippen LogP contribution in [0.2, 0.25) is 0 Å². The quantitative estimate of drug-likeness (QED) is 0.807. The molecule has 1 fully saturated rings. The van der Waals surface area contributed by atoms with Gasteiger partial charge in [-0.05, 0) is 89.8 Å². The third-order valence-electron chi connectivity index (χ3n) is 3.59. The van der Waals surface area contributed by atoms with Crippen molar-refractivity contribution in [2.24, 2.45) is 5.92 Å². The summed E-state index contributed by atoms with van der Waals surface area (Å²) in [5.41, 5.74) is 0. The Balaban J connectivity index is 1.76. The maximum absolute atomic E-state index is 3.57. The van der Waals surface area contributed by atoms with E-state index in [2.05, 4.69) is 48.1 Å². The standard InChI is InChI=1S/C13H20Br2N2S/c1-16-5-2-10-3-6-17(7-4-10)9-11-8-12(14)13(15)18-11/h8,10,16H,2-7,9H2,1H3. The maximum atomic E-state index is 3.57.